The van der Waals surface area contributed by atoms with Gasteiger partial charge in [0.1, 0.15) is 6.04 Å². The Hall–Kier alpha value is -2.12. The van der Waals surface area contributed by atoms with Gasteiger partial charge in [-0.3, -0.25) is 4.79 Å². The molecule has 1 aliphatic rings. The predicted octanol–water partition coefficient (Wildman–Crippen LogP) is 0.819. The van der Waals surface area contributed by atoms with Crippen LogP contribution in [0.4, 0.5) is 4.79 Å². The van der Waals surface area contributed by atoms with Crippen LogP contribution in [0.15, 0.2) is 4.52 Å². The Labute approximate surface area is 136 Å². The number of aryl methyl sites for hydroxylation is 1. The Morgan fingerprint density at radius 3 is 2.57 bits per heavy atom. The molecule has 0 unspecified atom stereocenters. The summed E-state index contributed by atoms with van der Waals surface area (Å²) in [6, 6.07) is -0.695. The van der Waals surface area contributed by atoms with Crippen LogP contribution in [0.25, 0.3) is 0 Å². The number of carbonyl (C=O) groups excluding carboxylic acids is 2. The van der Waals surface area contributed by atoms with E-state index in [1.165, 1.54) is 4.90 Å². The highest BCUT2D eigenvalue weighted by atomic mass is 16.5. The highest BCUT2D eigenvalue weighted by Gasteiger charge is 2.26. The molecule has 128 valence electrons. The molecule has 1 fully saturated rings. The van der Waals surface area contributed by atoms with Gasteiger partial charge in [-0.2, -0.15) is 4.98 Å². The quantitative estimate of drug-likeness (QED) is 0.885. The van der Waals surface area contributed by atoms with E-state index in [1.54, 1.807) is 32.8 Å². The number of nitrogens with zero attached hydrogens (tertiary/aromatic N) is 4. The third-order valence-corrected chi connectivity index (χ3v) is 4.09. The summed E-state index contributed by atoms with van der Waals surface area (Å²) in [5, 5.41) is 6.67. The molecule has 0 bridgehead atoms. The largest absolute Gasteiger partial charge is 0.347 e. The van der Waals surface area contributed by atoms with E-state index in [1.807, 2.05) is 0 Å². The molecular formula is C15H25N5O3. The average Bonchev–Trinajstić information content (AvgIpc) is 2.92. The molecule has 23 heavy (non-hydrogen) atoms. The van der Waals surface area contributed by atoms with E-state index in [0.29, 0.717) is 24.9 Å². The van der Waals surface area contributed by atoms with Gasteiger partial charge in [0.05, 0.1) is 0 Å². The molecule has 1 atom stereocenters. The third kappa shape index (κ3) is 4.67. The number of aromatic nitrogens is 2. The number of likely N-dealkylation sites (N-methyl/N-ethyl adjacent to an activating group) is 1. The molecule has 1 aromatic heterocycles. The fourth-order valence-corrected chi connectivity index (χ4v) is 2.75. The highest BCUT2D eigenvalue weighted by molar-refractivity contribution is 5.86. The fraction of sp³-hybridized carbons (Fsp3) is 0.733. The summed E-state index contributed by atoms with van der Waals surface area (Å²) in [5.41, 5.74) is 0. The van der Waals surface area contributed by atoms with Gasteiger partial charge in [0.15, 0.2) is 5.82 Å². The zero-order valence-corrected chi connectivity index (χ0v) is 14.2. The molecule has 0 radical (unpaired) electrons. The predicted molar refractivity (Wildman–Crippen MR) is 83.7 cm³/mol. The van der Waals surface area contributed by atoms with E-state index in [9.17, 15) is 9.59 Å². The number of piperidine rings is 1. The first-order chi connectivity index (χ1) is 10.9. The first-order valence-corrected chi connectivity index (χ1v) is 7.92. The second-order valence-corrected chi connectivity index (χ2v) is 6.27. The number of amides is 3. The fourth-order valence-electron chi connectivity index (χ4n) is 2.75. The Morgan fingerprint density at radius 2 is 2.04 bits per heavy atom. The Balaban J connectivity index is 1.77. The van der Waals surface area contributed by atoms with Gasteiger partial charge in [0, 0.05) is 40.5 Å². The van der Waals surface area contributed by atoms with Gasteiger partial charge in [-0.1, -0.05) is 5.16 Å². The van der Waals surface area contributed by atoms with Crippen LogP contribution >= 0.6 is 0 Å². The van der Waals surface area contributed by atoms with Crippen molar-refractivity contribution in [2.75, 3.05) is 27.2 Å². The minimum Gasteiger partial charge on any atom is -0.347 e. The van der Waals surface area contributed by atoms with Crippen molar-refractivity contribution in [2.45, 2.75) is 39.2 Å². The lowest BCUT2D eigenvalue weighted by molar-refractivity contribution is -0.130. The summed E-state index contributed by atoms with van der Waals surface area (Å²) in [4.78, 5) is 31.5. The highest BCUT2D eigenvalue weighted by Crippen LogP contribution is 2.20. The lowest BCUT2D eigenvalue weighted by Crippen LogP contribution is -2.51. The number of urea groups is 1. The second kappa shape index (κ2) is 7.43. The SMILES string of the molecule is Cc1nc(CC2CCN(C(=O)N[C@@H](C)C(=O)N(C)C)CC2)no1. The van der Waals surface area contributed by atoms with E-state index >= 15 is 0 Å². The maximum absolute atomic E-state index is 12.2. The molecule has 1 N–H and O–H groups in total. The summed E-state index contributed by atoms with van der Waals surface area (Å²) < 4.78 is 4.98. The second-order valence-electron chi connectivity index (χ2n) is 6.27. The van der Waals surface area contributed by atoms with E-state index in [-0.39, 0.29) is 11.9 Å². The molecule has 2 rings (SSSR count). The average molecular weight is 323 g/mol. The minimum atomic E-state index is -0.516. The Bertz CT molecular complexity index is 549. The lowest BCUT2D eigenvalue weighted by Gasteiger charge is -2.32. The molecule has 8 heteroatoms. The maximum atomic E-state index is 12.2. The molecule has 0 aromatic carbocycles. The van der Waals surface area contributed by atoms with Crippen LogP contribution in [-0.2, 0) is 11.2 Å². The van der Waals surface area contributed by atoms with Gasteiger partial charge in [-0.15, -0.1) is 0 Å². The van der Waals surface area contributed by atoms with Crippen molar-refractivity contribution in [1.29, 1.82) is 0 Å². The van der Waals surface area contributed by atoms with Crippen molar-refractivity contribution >= 4 is 11.9 Å². The van der Waals surface area contributed by atoms with Crippen LogP contribution in [0, 0.1) is 12.8 Å². The van der Waals surface area contributed by atoms with Gasteiger partial charge in [-0.05, 0) is 25.7 Å². The number of hydrogen-bond donors (Lipinski definition) is 1. The molecule has 1 saturated heterocycles. The number of nitrogens with one attached hydrogen (secondary N) is 1. The summed E-state index contributed by atoms with van der Waals surface area (Å²) in [6.45, 7) is 4.83. The Morgan fingerprint density at radius 1 is 1.39 bits per heavy atom. The molecule has 0 aliphatic carbocycles. The van der Waals surface area contributed by atoms with Crippen molar-refractivity contribution in [3.63, 3.8) is 0 Å². The van der Waals surface area contributed by atoms with Crippen molar-refractivity contribution < 1.29 is 14.1 Å². The number of hydrogen-bond acceptors (Lipinski definition) is 5. The van der Waals surface area contributed by atoms with Crippen molar-refractivity contribution in [3.8, 4) is 0 Å². The van der Waals surface area contributed by atoms with Crippen LogP contribution in [0.1, 0.15) is 31.5 Å². The van der Waals surface area contributed by atoms with Crippen molar-refractivity contribution in [3.05, 3.63) is 11.7 Å². The number of carbonyl (C=O) groups is 2. The summed E-state index contributed by atoms with van der Waals surface area (Å²) in [6.07, 6.45) is 2.58. The molecule has 8 nitrogen and oxygen atoms in total. The van der Waals surface area contributed by atoms with Crippen LogP contribution in [-0.4, -0.2) is 65.1 Å². The molecule has 1 aromatic rings. The van der Waals surface area contributed by atoms with Crippen molar-refractivity contribution in [2.24, 2.45) is 5.92 Å². The molecule has 0 saturated carbocycles. The summed E-state index contributed by atoms with van der Waals surface area (Å²) in [5.74, 6) is 1.66. The minimum absolute atomic E-state index is 0.110. The van der Waals surface area contributed by atoms with E-state index in [2.05, 4.69) is 15.5 Å². The van der Waals surface area contributed by atoms with Gasteiger partial charge in [0.2, 0.25) is 11.8 Å². The van der Waals surface area contributed by atoms with Crippen LogP contribution in [0.2, 0.25) is 0 Å². The van der Waals surface area contributed by atoms with E-state index < -0.39 is 6.04 Å². The molecule has 2 heterocycles. The monoisotopic (exact) mass is 323 g/mol. The van der Waals surface area contributed by atoms with Crippen LogP contribution in [0.3, 0.4) is 0 Å². The van der Waals surface area contributed by atoms with E-state index in [0.717, 1.165) is 25.1 Å². The van der Waals surface area contributed by atoms with Gasteiger partial charge in [-0.25, -0.2) is 4.79 Å². The molecule has 0 spiro atoms. The lowest BCUT2D eigenvalue weighted by atomic mass is 9.93. The first kappa shape index (κ1) is 17.2. The molecule has 3 amide bonds. The first-order valence-electron chi connectivity index (χ1n) is 7.92. The molecule has 1 aliphatic heterocycles. The van der Waals surface area contributed by atoms with Crippen molar-refractivity contribution in [1.82, 2.24) is 25.3 Å². The normalized spacial score (nSPS) is 17.0. The summed E-state index contributed by atoms with van der Waals surface area (Å²) >= 11 is 0. The van der Waals surface area contributed by atoms with Crippen LogP contribution in [0.5, 0.6) is 0 Å². The Kier molecular flexibility index (Phi) is 5.57. The number of rotatable bonds is 4. The topological polar surface area (TPSA) is 91.6 Å². The molecular weight excluding hydrogens is 298 g/mol. The zero-order valence-electron chi connectivity index (χ0n) is 14.2. The standard InChI is InChI=1S/C15H25N5O3/c1-10(14(21)19(3)4)16-15(22)20-7-5-12(6-8-20)9-13-17-11(2)23-18-13/h10,12H,5-9H2,1-4H3,(H,16,22)/t10-/m0/s1. The van der Waals surface area contributed by atoms with Gasteiger partial charge >= 0.3 is 6.03 Å². The summed E-state index contributed by atoms with van der Waals surface area (Å²) in [7, 11) is 3.35. The van der Waals surface area contributed by atoms with Gasteiger partial charge < -0.3 is 19.6 Å². The maximum Gasteiger partial charge on any atom is 0.318 e. The number of likely N-dealkylation sites (tertiary alicyclic amines) is 1. The van der Waals surface area contributed by atoms with Crippen LogP contribution < -0.4 is 5.32 Å². The van der Waals surface area contributed by atoms with E-state index in [4.69, 9.17) is 4.52 Å². The zero-order chi connectivity index (χ0) is 17.0. The smallest absolute Gasteiger partial charge is 0.318 e. The van der Waals surface area contributed by atoms with Gasteiger partial charge in [0.25, 0.3) is 0 Å². The third-order valence-electron chi connectivity index (χ3n) is 4.09.